The topological polar surface area (TPSA) is 89.4 Å². The quantitative estimate of drug-likeness (QED) is 0.278. The molecule has 0 fully saturated rings. The monoisotopic (exact) mass is 532 g/mol. The molecule has 0 spiro atoms. The smallest absolute Gasteiger partial charge is 0.275 e. The van der Waals surface area contributed by atoms with E-state index in [1.807, 2.05) is 25.1 Å². The van der Waals surface area contributed by atoms with Gasteiger partial charge in [0.25, 0.3) is 5.91 Å². The number of ether oxygens (including phenoxy) is 3. The highest BCUT2D eigenvalue weighted by molar-refractivity contribution is 9.10. The lowest BCUT2D eigenvalue weighted by atomic mass is 10.2. The largest absolute Gasteiger partial charge is 0.507 e. The summed E-state index contributed by atoms with van der Waals surface area (Å²) in [5, 5.41) is 14.6. The van der Waals surface area contributed by atoms with Crippen LogP contribution < -0.4 is 19.6 Å². The second-order valence-electron chi connectivity index (χ2n) is 6.73. The Bertz CT molecular complexity index is 1170. The summed E-state index contributed by atoms with van der Waals surface area (Å²) in [6.45, 7) is 2.57. The van der Waals surface area contributed by atoms with Crippen LogP contribution in [0.15, 0.2) is 64.2 Å². The summed E-state index contributed by atoms with van der Waals surface area (Å²) in [6, 6.07) is 15.4. The molecule has 0 atom stereocenters. The Morgan fingerprint density at radius 1 is 1.18 bits per heavy atom. The van der Waals surface area contributed by atoms with Crippen molar-refractivity contribution in [2.45, 2.75) is 13.5 Å². The summed E-state index contributed by atoms with van der Waals surface area (Å²) in [6.07, 6.45) is 1.46. The number of hydrogen-bond donors (Lipinski definition) is 2. The van der Waals surface area contributed by atoms with Gasteiger partial charge in [0.2, 0.25) is 0 Å². The highest BCUT2D eigenvalue weighted by Gasteiger charge is 2.14. The number of phenols is 1. The molecule has 0 heterocycles. The number of aromatic hydroxyl groups is 1. The molecule has 1 amide bonds. The van der Waals surface area contributed by atoms with E-state index >= 15 is 0 Å². The summed E-state index contributed by atoms with van der Waals surface area (Å²) in [5.41, 5.74) is 3.98. The van der Waals surface area contributed by atoms with Gasteiger partial charge in [-0.1, -0.05) is 29.8 Å². The normalized spacial score (nSPS) is 10.8. The highest BCUT2D eigenvalue weighted by atomic mass is 79.9. The van der Waals surface area contributed by atoms with Gasteiger partial charge in [0.05, 0.1) is 30.0 Å². The van der Waals surface area contributed by atoms with Crippen LogP contribution in [0, 0.1) is 0 Å². The van der Waals surface area contributed by atoms with Crippen LogP contribution in [0.2, 0.25) is 5.02 Å². The number of methoxy groups -OCH3 is 1. The van der Waals surface area contributed by atoms with Gasteiger partial charge in [-0.15, -0.1) is 0 Å². The number of amides is 1. The minimum absolute atomic E-state index is 0.0763. The van der Waals surface area contributed by atoms with E-state index in [1.54, 1.807) is 24.3 Å². The predicted octanol–water partition coefficient (Wildman–Crippen LogP) is 5.56. The molecular formula is C24H22BrClN2O5. The molecule has 0 unspecified atom stereocenters. The first-order valence-electron chi connectivity index (χ1n) is 9.95. The van der Waals surface area contributed by atoms with Crippen LogP contribution >= 0.6 is 27.5 Å². The van der Waals surface area contributed by atoms with Gasteiger partial charge in [0.1, 0.15) is 18.1 Å². The standard InChI is InChI=1S/C24H22BrClN2O5/c1-3-32-22-11-15(10-19(25)23(22)33-14-16-6-4-5-7-20(16)26)13-27-28-24(30)18-9-8-17(31-2)12-21(18)29/h4-13,29H,3,14H2,1-2H3,(H,28,30)/b27-13-. The molecule has 0 saturated heterocycles. The van der Waals surface area contributed by atoms with Gasteiger partial charge in [0.15, 0.2) is 11.5 Å². The van der Waals surface area contributed by atoms with E-state index in [9.17, 15) is 9.90 Å². The fourth-order valence-corrected chi connectivity index (χ4v) is 3.65. The van der Waals surface area contributed by atoms with E-state index in [1.165, 1.54) is 25.5 Å². The zero-order valence-corrected chi connectivity index (χ0v) is 20.3. The maximum Gasteiger partial charge on any atom is 0.275 e. The Morgan fingerprint density at radius 2 is 1.97 bits per heavy atom. The Morgan fingerprint density at radius 3 is 2.67 bits per heavy atom. The van der Waals surface area contributed by atoms with Gasteiger partial charge >= 0.3 is 0 Å². The van der Waals surface area contributed by atoms with Crippen molar-refractivity contribution in [1.82, 2.24) is 5.43 Å². The zero-order valence-electron chi connectivity index (χ0n) is 18.0. The number of carbonyl (C=O) groups is 1. The Kier molecular flexibility index (Phi) is 8.57. The van der Waals surface area contributed by atoms with E-state index in [4.69, 9.17) is 25.8 Å². The molecule has 0 aliphatic heterocycles. The average molecular weight is 534 g/mol. The molecule has 0 bridgehead atoms. The van der Waals surface area contributed by atoms with Crippen molar-refractivity contribution < 1.29 is 24.1 Å². The minimum atomic E-state index is -0.560. The molecule has 3 rings (SSSR count). The SMILES string of the molecule is CCOc1cc(/C=N\NC(=O)c2ccc(OC)cc2O)cc(Br)c1OCc1ccccc1Cl. The van der Waals surface area contributed by atoms with Gasteiger partial charge in [-0.3, -0.25) is 4.79 Å². The maximum atomic E-state index is 12.3. The first kappa shape index (κ1) is 24.4. The van der Waals surface area contributed by atoms with Crippen molar-refractivity contribution in [3.05, 3.63) is 80.8 Å². The fourth-order valence-electron chi connectivity index (χ4n) is 2.89. The van der Waals surface area contributed by atoms with E-state index in [2.05, 4.69) is 26.5 Å². The van der Waals surface area contributed by atoms with Crippen molar-refractivity contribution in [3.63, 3.8) is 0 Å². The summed E-state index contributed by atoms with van der Waals surface area (Å²) in [7, 11) is 1.47. The molecule has 3 aromatic carbocycles. The lowest BCUT2D eigenvalue weighted by molar-refractivity contribution is 0.0952. The lowest BCUT2D eigenvalue weighted by Gasteiger charge is -2.15. The Labute approximate surface area is 205 Å². The molecule has 33 heavy (non-hydrogen) atoms. The molecule has 0 aliphatic rings. The molecule has 0 aliphatic carbocycles. The van der Waals surface area contributed by atoms with Gasteiger partial charge in [-0.05, 0) is 58.7 Å². The number of hydrogen-bond acceptors (Lipinski definition) is 6. The summed E-state index contributed by atoms with van der Waals surface area (Å²) < 4.78 is 17.4. The molecule has 3 aromatic rings. The van der Waals surface area contributed by atoms with Crippen molar-refractivity contribution in [1.29, 1.82) is 0 Å². The van der Waals surface area contributed by atoms with Crippen LogP contribution in [-0.2, 0) is 6.61 Å². The second kappa shape index (κ2) is 11.6. The summed E-state index contributed by atoms with van der Waals surface area (Å²) >= 11 is 9.72. The van der Waals surface area contributed by atoms with Crippen LogP contribution in [0.5, 0.6) is 23.0 Å². The van der Waals surface area contributed by atoms with E-state index in [0.717, 1.165) is 5.56 Å². The first-order chi connectivity index (χ1) is 15.9. The van der Waals surface area contributed by atoms with Gasteiger partial charge in [-0.25, -0.2) is 5.43 Å². The molecule has 0 radical (unpaired) electrons. The number of nitrogens with zero attached hydrogens (tertiary/aromatic N) is 1. The molecular weight excluding hydrogens is 512 g/mol. The number of benzene rings is 3. The summed E-state index contributed by atoms with van der Waals surface area (Å²) in [4.78, 5) is 12.3. The van der Waals surface area contributed by atoms with Crippen molar-refractivity contribution in [2.75, 3.05) is 13.7 Å². The Balaban J connectivity index is 1.73. The van der Waals surface area contributed by atoms with E-state index < -0.39 is 5.91 Å². The predicted molar refractivity (Wildman–Crippen MR) is 131 cm³/mol. The van der Waals surface area contributed by atoms with Gasteiger partial charge in [0, 0.05) is 16.7 Å². The fraction of sp³-hybridized carbons (Fsp3) is 0.167. The molecule has 9 heteroatoms. The number of nitrogens with one attached hydrogen (secondary N) is 1. The first-order valence-corrected chi connectivity index (χ1v) is 11.1. The van der Waals surface area contributed by atoms with Crippen molar-refractivity contribution >= 4 is 39.7 Å². The average Bonchev–Trinajstić information content (AvgIpc) is 2.79. The molecule has 2 N–H and O–H groups in total. The van der Waals surface area contributed by atoms with Crippen LogP contribution in [0.1, 0.15) is 28.4 Å². The number of rotatable bonds is 9. The molecule has 0 aromatic heterocycles. The van der Waals surface area contributed by atoms with Crippen LogP contribution in [0.4, 0.5) is 0 Å². The van der Waals surface area contributed by atoms with Crippen molar-refractivity contribution in [2.24, 2.45) is 5.10 Å². The Hall–Kier alpha value is -3.23. The third-order valence-corrected chi connectivity index (χ3v) is 5.45. The molecule has 7 nitrogen and oxygen atoms in total. The summed E-state index contributed by atoms with van der Waals surface area (Å²) in [5.74, 6) is 0.719. The van der Waals surface area contributed by atoms with E-state index in [-0.39, 0.29) is 17.9 Å². The number of carbonyl (C=O) groups excluding carboxylic acids is 1. The van der Waals surface area contributed by atoms with Gasteiger partial charge < -0.3 is 19.3 Å². The number of phenolic OH excluding ortho intramolecular Hbond substituents is 1. The third kappa shape index (κ3) is 6.40. The zero-order chi connectivity index (χ0) is 23.8. The molecule has 0 saturated carbocycles. The lowest BCUT2D eigenvalue weighted by Crippen LogP contribution is -2.17. The third-order valence-electron chi connectivity index (χ3n) is 4.49. The second-order valence-corrected chi connectivity index (χ2v) is 7.99. The van der Waals surface area contributed by atoms with Crippen LogP contribution in [0.25, 0.3) is 0 Å². The van der Waals surface area contributed by atoms with Crippen molar-refractivity contribution in [3.8, 4) is 23.0 Å². The van der Waals surface area contributed by atoms with Gasteiger partial charge in [-0.2, -0.15) is 5.10 Å². The number of halogens is 2. The van der Waals surface area contributed by atoms with Crippen LogP contribution in [0.3, 0.4) is 0 Å². The van der Waals surface area contributed by atoms with Crippen LogP contribution in [-0.4, -0.2) is 30.9 Å². The maximum absolute atomic E-state index is 12.3. The minimum Gasteiger partial charge on any atom is -0.507 e. The number of hydrazone groups is 1. The van der Waals surface area contributed by atoms with E-state index in [0.29, 0.717) is 38.9 Å². The highest BCUT2D eigenvalue weighted by Crippen LogP contribution is 2.37. The molecule has 172 valence electrons.